The minimum atomic E-state index is -0.0947. The zero-order chi connectivity index (χ0) is 37.0. The molecule has 1 aliphatic carbocycles. The lowest BCUT2D eigenvalue weighted by molar-refractivity contribution is 0.660. The van der Waals surface area contributed by atoms with Gasteiger partial charge in [-0.05, 0) is 124 Å². The molecule has 0 atom stereocenters. The first-order valence-corrected chi connectivity index (χ1v) is 19.3. The highest BCUT2D eigenvalue weighted by Gasteiger charge is 2.35. The number of para-hydroxylation sites is 2. The highest BCUT2D eigenvalue weighted by atomic mass is 15.2. The van der Waals surface area contributed by atoms with Gasteiger partial charge in [0.25, 0.3) is 0 Å². The summed E-state index contributed by atoms with van der Waals surface area (Å²) in [6, 6.07) is 63.5. The van der Waals surface area contributed by atoms with E-state index >= 15 is 0 Å². The van der Waals surface area contributed by atoms with E-state index in [0.29, 0.717) is 0 Å². The van der Waals surface area contributed by atoms with Gasteiger partial charge in [-0.25, -0.2) is 0 Å². The second-order valence-corrected chi connectivity index (χ2v) is 15.8. The SMILES string of the molecule is CN1c2ccccc2N(C)c2cc(-c3c4ccccc4c(-c4ccc5c(c4)C(C)(C)c4ccccc4-5)c4cc(-c5cccc6ccccc56)ccc34)ccc21. The second kappa shape index (κ2) is 11.7. The first kappa shape index (κ1) is 31.8. The van der Waals surface area contributed by atoms with Crippen LogP contribution < -0.4 is 9.80 Å². The molecule has 2 aliphatic rings. The fourth-order valence-electron chi connectivity index (χ4n) is 9.83. The average Bonchev–Trinajstić information content (AvgIpc) is 3.46. The molecule has 0 spiro atoms. The normalized spacial score (nSPS) is 13.9. The molecule has 0 saturated carbocycles. The summed E-state index contributed by atoms with van der Waals surface area (Å²) in [6.07, 6.45) is 0. The zero-order valence-corrected chi connectivity index (χ0v) is 31.6. The Bertz CT molecular complexity index is 3050. The fourth-order valence-corrected chi connectivity index (χ4v) is 9.83. The molecule has 2 nitrogen and oxygen atoms in total. The standard InChI is InChI=1S/C53H40N2/c1-53(2)45-21-10-9-17-39(45)40-27-25-35(31-46(40)53)52-42-19-8-7-18-41(42)51(36-26-29-49-50(32-36)55(4)48-23-12-11-22-47(48)54(49)3)43-28-24-34(30-44(43)52)38-20-13-15-33-14-5-6-16-37(33)38/h5-32H,1-4H3. The third-order valence-electron chi connectivity index (χ3n) is 12.6. The summed E-state index contributed by atoms with van der Waals surface area (Å²) in [4.78, 5) is 4.66. The van der Waals surface area contributed by atoms with Gasteiger partial charge in [-0.3, -0.25) is 0 Å². The van der Waals surface area contributed by atoms with Crippen molar-refractivity contribution in [3.8, 4) is 44.5 Å². The van der Waals surface area contributed by atoms with Crippen molar-refractivity contribution < 1.29 is 0 Å². The van der Waals surface area contributed by atoms with Crippen LogP contribution in [0.15, 0.2) is 170 Å². The van der Waals surface area contributed by atoms with Crippen LogP contribution in [0.3, 0.4) is 0 Å². The van der Waals surface area contributed by atoms with E-state index in [1.165, 1.54) is 111 Å². The Morgan fingerprint density at radius 3 is 1.67 bits per heavy atom. The molecule has 9 aromatic carbocycles. The Hall–Kier alpha value is -6.64. The van der Waals surface area contributed by atoms with Crippen LogP contribution in [0, 0.1) is 0 Å². The van der Waals surface area contributed by atoms with E-state index in [4.69, 9.17) is 0 Å². The largest absolute Gasteiger partial charge is 0.341 e. The van der Waals surface area contributed by atoms with Crippen LogP contribution in [-0.2, 0) is 5.41 Å². The lowest BCUT2D eigenvalue weighted by atomic mass is 9.80. The molecular weight excluding hydrogens is 665 g/mol. The van der Waals surface area contributed by atoms with Crippen LogP contribution >= 0.6 is 0 Å². The molecule has 0 unspecified atom stereocenters. The van der Waals surface area contributed by atoms with E-state index in [-0.39, 0.29) is 5.41 Å². The van der Waals surface area contributed by atoms with Gasteiger partial charge in [0.2, 0.25) is 0 Å². The van der Waals surface area contributed by atoms with Crippen molar-refractivity contribution in [1.82, 2.24) is 0 Å². The van der Waals surface area contributed by atoms with E-state index in [1.807, 2.05) is 0 Å². The number of hydrogen-bond donors (Lipinski definition) is 0. The maximum absolute atomic E-state index is 2.49. The molecule has 55 heavy (non-hydrogen) atoms. The third-order valence-corrected chi connectivity index (χ3v) is 12.6. The average molecular weight is 705 g/mol. The van der Waals surface area contributed by atoms with E-state index in [0.717, 1.165) is 0 Å². The minimum Gasteiger partial charge on any atom is -0.341 e. The molecule has 1 heterocycles. The minimum absolute atomic E-state index is 0.0947. The fraction of sp³-hybridized carbons (Fsp3) is 0.0943. The summed E-state index contributed by atoms with van der Waals surface area (Å²) in [5.41, 5.74) is 17.7. The van der Waals surface area contributed by atoms with Crippen LogP contribution in [0.1, 0.15) is 25.0 Å². The van der Waals surface area contributed by atoms with Gasteiger partial charge in [0.1, 0.15) is 0 Å². The monoisotopic (exact) mass is 704 g/mol. The number of fused-ring (bicyclic) bond motifs is 8. The Balaban J connectivity index is 1.21. The smallest absolute Gasteiger partial charge is 0.0656 e. The summed E-state index contributed by atoms with van der Waals surface area (Å²) in [7, 11) is 4.37. The van der Waals surface area contributed by atoms with E-state index < -0.39 is 0 Å². The van der Waals surface area contributed by atoms with Gasteiger partial charge >= 0.3 is 0 Å². The molecule has 2 heteroatoms. The lowest BCUT2D eigenvalue weighted by Gasteiger charge is -2.36. The molecule has 0 radical (unpaired) electrons. The Kier molecular flexibility index (Phi) is 6.76. The van der Waals surface area contributed by atoms with Crippen molar-refractivity contribution in [2.75, 3.05) is 23.9 Å². The highest BCUT2D eigenvalue weighted by molar-refractivity contribution is 6.22. The molecule has 0 fully saturated rings. The summed E-state index contributed by atoms with van der Waals surface area (Å²) in [6.45, 7) is 4.75. The van der Waals surface area contributed by atoms with Gasteiger partial charge in [-0.2, -0.15) is 0 Å². The van der Waals surface area contributed by atoms with Crippen molar-refractivity contribution in [2.45, 2.75) is 19.3 Å². The quantitative estimate of drug-likeness (QED) is 0.169. The first-order valence-electron chi connectivity index (χ1n) is 19.3. The van der Waals surface area contributed by atoms with Crippen LogP contribution in [0.2, 0.25) is 0 Å². The number of nitrogens with zero attached hydrogens (tertiary/aromatic N) is 2. The van der Waals surface area contributed by atoms with E-state index in [9.17, 15) is 0 Å². The Labute approximate surface area is 322 Å². The van der Waals surface area contributed by atoms with E-state index in [1.54, 1.807) is 0 Å². The van der Waals surface area contributed by atoms with Crippen LogP contribution in [0.25, 0.3) is 76.8 Å². The topological polar surface area (TPSA) is 6.48 Å². The molecule has 11 rings (SSSR count). The predicted molar refractivity (Wildman–Crippen MR) is 235 cm³/mol. The Morgan fingerprint density at radius 1 is 0.345 bits per heavy atom. The second-order valence-electron chi connectivity index (χ2n) is 15.8. The predicted octanol–water partition coefficient (Wildman–Crippen LogP) is 14.3. The highest BCUT2D eigenvalue weighted by Crippen LogP contribution is 2.53. The Morgan fingerprint density at radius 2 is 0.873 bits per heavy atom. The van der Waals surface area contributed by atoms with Crippen molar-refractivity contribution in [2.24, 2.45) is 0 Å². The molecule has 9 aromatic rings. The van der Waals surface area contributed by atoms with Crippen molar-refractivity contribution in [3.05, 3.63) is 181 Å². The van der Waals surface area contributed by atoms with Crippen LogP contribution in [0.4, 0.5) is 22.7 Å². The van der Waals surface area contributed by atoms with Gasteiger partial charge in [-0.1, -0.05) is 147 Å². The van der Waals surface area contributed by atoms with E-state index in [2.05, 4.69) is 208 Å². The molecule has 0 N–H and O–H groups in total. The zero-order valence-electron chi connectivity index (χ0n) is 31.6. The summed E-state index contributed by atoms with van der Waals surface area (Å²) in [5, 5.41) is 7.57. The summed E-state index contributed by atoms with van der Waals surface area (Å²) >= 11 is 0. The first-order chi connectivity index (χ1) is 26.9. The number of benzene rings is 9. The maximum atomic E-state index is 2.49. The van der Waals surface area contributed by atoms with Gasteiger partial charge in [0, 0.05) is 19.5 Å². The van der Waals surface area contributed by atoms with Crippen LogP contribution in [0.5, 0.6) is 0 Å². The lowest BCUT2D eigenvalue weighted by Crippen LogP contribution is -2.24. The molecule has 0 saturated heterocycles. The summed E-state index contributed by atoms with van der Waals surface area (Å²) in [5.74, 6) is 0. The van der Waals surface area contributed by atoms with Crippen LogP contribution in [-0.4, -0.2) is 14.1 Å². The molecule has 262 valence electrons. The maximum Gasteiger partial charge on any atom is 0.0656 e. The third kappa shape index (κ3) is 4.55. The van der Waals surface area contributed by atoms with Gasteiger partial charge in [0.05, 0.1) is 22.7 Å². The molecule has 1 aliphatic heterocycles. The number of rotatable bonds is 3. The molecule has 0 amide bonds. The van der Waals surface area contributed by atoms with Gasteiger partial charge in [-0.15, -0.1) is 0 Å². The van der Waals surface area contributed by atoms with Gasteiger partial charge < -0.3 is 9.80 Å². The molecule has 0 bridgehead atoms. The molecular formula is C53H40N2. The number of hydrogen-bond acceptors (Lipinski definition) is 2. The number of anilines is 4. The van der Waals surface area contributed by atoms with Crippen molar-refractivity contribution in [3.63, 3.8) is 0 Å². The summed E-state index contributed by atoms with van der Waals surface area (Å²) < 4.78 is 0. The van der Waals surface area contributed by atoms with Gasteiger partial charge in [0.15, 0.2) is 0 Å². The van der Waals surface area contributed by atoms with Crippen molar-refractivity contribution >= 4 is 55.1 Å². The van der Waals surface area contributed by atoms with Crippen molar-refractivity contribution in [1.29, 1.82) is 0 Å². The molecule has 0 aromatic heterocycles.